The molecule has 0 aliphatic heterocycles. The van der Waals surface area contributed by atoms with Crippen molar-refractivity contribution in [3.8, 4) is 225 Å². The van der Waals surface area contributed by atoms with Crippen LogP contribution >= 0.6 is 0 Å². The summed E-state index contributed by atoms with van der Waals surface area (Å²) in [4.78, 5) is 0. The predicted molar refractivity (Wildman–Crippen MR) is 159 cm³/mol. The van der Waals surface area contributed by atoms with E-state index in [1.807, 2.05) is 0 Å². The van der Waals surface area contributed by atoms with Crippen LogP contribution in [-0.2, 0) is 0 Å². The van der Waals surface area contributed by atoms with Crippen molar-refractivity contribution in [2.75, 3.05) is 0 Å². The minimum Gasteiger partial charge on any atom is -0.0925 e. The molecule has 0 bridgehead atoms. The maximum absolute atomic E-state index is 2.63. The SMILES string of the molecule is CC#CC#CC#CC#CC#CC#CC#CC#CC#CC#CC#CC#CC#CC#CC#CC#CC#CC#CC#CC. The molecular formula is C40H6. The Bertz CT molecular complexity index is 2100. The summed E-state index contributed by atoms with van der Waals surface area (Å²) >= 11 is 0. The smallest absolute Gasteiger partial charge is 0 e. The Morgan fingerprint density at radius 3 is 0.275 bits per heavy atom. The van der Waals surface area contributed by atoms with Gasteiger partial charge in [-0.3, -0.25) is 0 Å². The quantitative estimate of drug-likeness (QED) is 0.450. The second kappa shape index (κ2) is 30.6. The van der Waals surface area contributed by atoms with E-state index in [-0.39, 0.29) is 0 Å². The van der Waals surface area contributed by atoms with Crippen molar-refractivity contribution >= 4 is 0 Å². The van der Waals surface area contributed by atoms with Crippen LogP contribution in [0.1, 0.15) is 13.8 Å². The normalized spacial score (nSPS) is 3.95. The minimum atomic E-state index is 1.69. The van der Waals surface area contributed by atoms with E-state index in [1.54, 1.807) is 13.8 Å². The Labute approximate surface area is 238 Å². The lowest BCUT2D eigenvalue weighted by atomic mass is 10.4. The van der Waals surface area contributed by atoms with Crippen molar-refractivity contribution in [1.82, 2.24) is 0 Å². The summed E-state index contributed by atoms with van der Waals surface area (Å²) in [5.41, 5.74) is 0. The van der Waals surface area contributed by atoms with E-state index in [2.05, 4.69) is 225 Å². The second-order valence-electron chi connectivity index (χ2n) is 5.00. The van der Waals surface area contributed by atoms with E-state index in [4.69, 9.17) is 0 Å². The Morgan fingerprint density at radius 2 is 0.200 bits per heavy atom. The van der Waals surface area contributed by atoms with Crippen molar-refractivity contribution in [1.29, 1.82) is 0 Å². The van der Waals surface area contributed by atoms with Gasteiger partial charge >= 0.3 is 0 Å². The van der Waals surface area contributed by atoms with Gasteiger partial charge in [-0.05, 0) is 109 Å². The monoisotopic (exact) mass is 486 g/mol. The van der Waals surface area contributed by atoms with Crippen LogP contribution in [0.5, 0.6) is 0 Å². The van der Waals surface area contributed by atoms with Crippen LogP contribution in [0, 0.1) is 225 Å². The van der Waals surface area contributed by atoms with E-state index in [9.17, 15) is 0 Å². The average Bonchev–Trinajstić information content (AvgIpc) is 2.97. The third-order valence-corrected chi connectivity index (χ3v) is 2.44. The summed E-state index contributed by atoms with van der Waals surface area (Å²) in [5.74, 6) is 95.6. The molecule has 0 spiro atoms. The first kappa shape index (κ1) is 31.6. The van der Waals surface area contributed by atoms with E-state index < -0.39 is 0 Å². The first-order valence-corrected chi connectivity index (χ1v) is 10.2. The van der Waals surface area contributed by atoms with E-state index >= 15 is 0 Å². The van der Waals surface area contributed by atoms with Gasteiger partial charge in [0.15, 0.2) is 0 Å². The van der Waals surface area contributed by atoms with Gasteiger partial charge in [-0.2, -0.15) is 0 Å². The summed E-state index contributed by atoms with van der Waals surface area (Å²) in [6.45, 7) is 3.38. The molecule has 0 fully saturated rings. The zero-order valence-corrected chi connectivity index (χ0v) is 21.0. The van der Waals surface area contributed by atoms with E-state index in [0.29, 0.717) is 0 Å². The first-order chi connectivity index (χ1) is 19.9. The van der Waals surface area contributed by atoms with Crippen LogP contribution in [0.2, 0.25) is 0 Å². The van der Waals surface area contributed by atoms with Gasteiger partial charge in [0.2, 0.25) is 0 Å². The van der Waals surface area contributed by atoms with Crippen LogP contribution < -0.4 is 0 Å². The minimum absolute atomic E-state index is 1.69. The maximum Gasteiger partial charge on any atom is 0 e. The molecular weight excluding hydrogens is 480 g/mol. The summed E-state index contributed by atoms with van der Waals surface area (Å²) in [6, 6.07) is 0. The third-order valence-electron chi connectivity index (χ3n) is 2.44. The molecule has 0 unspecified atom stereocenters. The van der Waals surface area contributed by atoms with E-state index in [0.717, 1.165) is 0 Å². The predicted octanol–water partition coefficient (Wildman–Crippen LogP) is 1.09. The van der Waals surface area contributed by atoms with Gasteiger partial charge in [-0.1, -0.05) is 11.8 Å². The average molecular weight is 486 g/mol. The molecule has 0 rings (SSSR count). The van der Waals surface area contributed by atoms with Crippen LogP contribution in [0.25, 0.3) is 0 Å². The molecule has 166 valence electrons. The molecule has 0 saturated carbocycles. The Kier molecular flexibility index (Phi) is 24.2. The molecule has 40 heavy (non-hydrogen) atoms. The highest BCUT2D eigenvalue weighted by molar-refractivity contribution is 5.49. The lowest BCUT2D eigenvalue weighted by Gasteiger charge is -1.57. The molecule has 0 saturated heterocycles. The van der Waals surface area contributed by atoms with Crippen LogP contribution in [0.4, 0.5) is 0 Å². The molecule has 0 nitrogen and oxygen atoms in total. The molecule has 0 aromatic heterocycles. The summed E-state index contributed by atoms with van der Waals surface area (Å²) in [7, 11) is 0. The molecule has 0 N–H and O–H groups in total. The largest absolute Gasteiger partial charge is 0.0925 e. The van der Waals surface area contributed by atoms with Gasteiger partial charge in [-0.25, -0.2) is 0 Å². The highest BCUT2D eigenvalue weighted by Gasteiger charge is 1.61. The summed E-state index contributed by atoms with van der Waals surface area (Å²) in [5, 5.41) is 0. The lowest BCUT2D eigenvalue weighted by Crippen LogP contribution is -1.57. The van der Waals surface area contributed by atoms with E-state index in [1.165, 1.54) is 0 Å². The highest BCUT2D eigenvalue weighted by Crippen LogP contribution is 1.61. The summed E-state index contributed by atoms with van der Waals surface area (Å²) < 4.78 is 0. The van der Waals surface area contributed by atoms with Crippen molar-refractivity contribution in [3.05, 3.63) is 0 Å². The first-order valence-electron chi connectivity index (χ1n) is 10.2. The van der Waals surface area contributed by atoms with Gasteiger partial charge in [0.1, 0.15) is 0 Å². The number of hydrogen-bond acceptors (Lipinski definition) is 0. The molecule has 0 atom stereocenters. The molecule has 0 aliphatic carbocycles. The van der Waals surface area contributed by atoms with Crippen LogP contribution in [-0.4, -0.2) is 0 Å². The van der Waals surface area contributed by atoms with Crippen LogP contribution in [0.15, 0.2) is 0 Å². The van der Waals surface area contributed by atoms with Crippen molar-refractivity contribution in [3.63, 3.8) is 0 Å². The topological polar surface area (TPSA) is 0 Å². The van der Waals surface area contributed by atoms with Gasteiger partial charge in [0.25, 0.3) is 0 Å². The fraction of sp³-hybridized carbons (Fsp3) is 0.0500. The Hall–Kier alpha value is -8.36. The molecule has 0 heteroatoms. The Morgan fingerprint density at radius 1 is 0.125 bits per heavy atom. The molecule has 0 aromatic carbocycles. The fourth-order valence-electron chi connectivity index (χ4n) is 1.19. The van der Waals surface area contributed by atoms with Gasteiger partial charge in [0, 0.05) is 118 Å². The third kappa shape index (κ3) is 29.6. The second-order valence-corrected chi connectivity index (χ2v) is 5.00. The zero-order chi connectivity index (χ0) is 28.9. The van der Waals surface area contributed by atoms with Crippen molar-refractivity contribution < 1.29 is 0 Å². The zero-order valence-electron chi connectivity index (χ0n) is 21.0. The maximum atomic E-state index is 2.63. The van der Waals surface area contributed by atoms with Gasteiger partial charge < -0.3 is 0 Å². The highest BCUT2D eigenvalue weighted by atomic mass is 13.6. The molecule has 0 radical (unpaired) electrons. The molecule has 0 aromatic rings. The van der Waals surface area contributed by atoms with Crippen molar-refractivity contribution in [2.45, 2.75) is 13.8 Å². The Balaban J connectivity index is 4.52. The van der Waals surface area contributed by atoms with Gasteiger partial charge in [0.05, 0.1) is 0 Å². The molecule has 0 aliphatic rings. The molecule has 0 amide bonds. The standard InChI is InChI=1S/C40H6/c1-3-5-7-9-11-13-15-17-19-21-23-25-27-29-31-33-35-37-39-40-38-36-34-32-30-28-26-24-22-20-18-16-14-12-10-8-6-4-2/h1-2H3. The van der Waals surface area contributed by atoms with Crippen molar-refractivity contribution in [2.24, 2.45) is 0 Å². The number of rotatable bonds is 0. The fourth-order valence-corrected chi connectivity index (χ4v) is 1.19. The van der Waals surface area contributed by atoms with Gasteiger partial charge in [-0.15, -0.1) is 0 Å². The lowest BCUT2D eigenvalue weighted by molar-refractivity contribution is 1.92. The van der Waals surface area contributed by atoms with Crippen LogP contribution in [0.3, 0.4) is 0 Å². The summed E-state index contributed by atoms with van der Waals surface area (Å²) in [6.07, 6.45) is 0. The number of hydrogen-bond donors (Lipinski definition) is 0. The molecule has 0 heterocycles.